The lowest BCUT2D eigenvalue weighted by Crippen LogP contribution is -2.38. The lowest BCUT2D eigenvalue weighted by atomic mass is 9.90. The van der Waals surface area contributed by atoms with Crippen LogP contribution in [0.3, 0.4) is 0 Å². The number of nitrogens with zero attached hydrogens (tertiary/aromatic N) is 3. The van der Waals surface area contributed by atoms with Gasteiger partial charge < -0.3 is 15.4 Å². The number of rotatable bonds is 3. The Kier molecular flexibility index (Phi) is 4.99. The molecule has 3 rings (SSSR count). The highest BCUT2D eigenvalue weighted by molar-refractivity contribution is 9.10. The molecule has 0 radical (unpaired) electrons. The Morgan fingerprint density at radius 1 is 1.29 bits per heavy atom. The van der Waals surface area contributed by atoms with Crippen LogP contribution in [0.5, 0.6) is 5.75 Å². The summed E-state index contributed by atoms with van der Waals surface area (Å²) in [5.74, 6) is 1.49. The van der Waals surface area contributed by atoms with Crippen LogP contribution in [0.2, 0.25) is 0 Å². The van der Waals surface area contributed by atoms with Gasteiger partial charge >= 0.3 is 0 Å². The Morgan fingerprint density at radius 3 is 2.67 bits per heavy atom. The van der Waals surface area contributed by atoms with Crippen LogP contribution in [-0.2, 0) is 0 Å². The van der Waals surface area contributed by atoms with Crippen molar-refractivity contribution >= 4 is 27.7 Å². The van der Waals surface area contributed by atoms with Crippen LogP contribution in [0.15, 0.2) is 35.1 Å². The maximum Gasteiger partial charge on any atom is 0.272 e. The number of piperidine rings is 1. The van der Waals surface area contributed by atoms with Gasteiger partial charge in [0.1, 0.15) is 17.3 Å². The van der Waals surface area contributed by atoms with E-state index >= 15 is 0 Å². The summed E-state index contributed by atoms with van der Waals surface area (Å²) >= 11 is 3.35. The number of methoxy groups -OCH3 is 1. The van der Waals surface area contributed by atoms with Crippen molar-refractivity contribution in [3.8, 4) is 5.75 Å². The fraction of sp³-hybridized carbons (Fsp3) is 0.353. The van der Waals surface area contributed by atoms with Gasteiger partial charge in [0.25, 0.3) is 5.91 Å². The molecule has 126 valence electrons. The number of carbonyl (C=O) groups is 1. The summed E-state index contributed by atoms with van der Waals surface area (Å²) in [6.07, 6.45) is 5.24. The molecule has 2 N–H and O–H groups in total. The molecule has 0 aliphatic carbocycles. The first-order valence-corrected chi connectivity index (χ1v) is 8.58. The number of hydrogen-bond acceptors (Lipinski definition) is 5. The average Bonchev–Trinajstić information content (AvgIpc) is 2.62. The predicted octanol–water partition coefficient (Wildman–Crippen LogP) is 2.85. The highest BCUT2D eigenvalue weighted by atomic mass is 79.9. The fourth-order valence-electron chi connectivity index (χ4n) is 2.93. The van der Waals surface area contributed by atoms with Gasteiger partial charge in [-0.2, -0.15) is 0 Å². The van der Waals surface area contributed by atoms with E-state index in [1.807, 2.05) is 23.2 Å². The average molecular weight is 391 g/mol. The molecule has 0 bridgehead atoms. The van der Waals surface area contributed by atoms with Crippen molar-refractivity contribution in [2.45, 2.75) is 18.8 Å². The number of anilines is 1. The van der Waals surface area contributed by atoms with E-state index in [-0.39, 0.29) is 5.91 Å². The maximum absolute atomic E-state index is 12.6. The van der Waals surface area contributed by atoms with Crippen LogP contribution >= 0.6 is 15.9 Å². The number of carbonyl (C=O) groups excluding carboxylic acids is 1. The molecule has 0 atom stereocenters. The Balaban J connectivity index is 1.66. The third-order valence-electron chi connectivity index (χ3n) is 4.32. The van der Waals surface area contributed by atoms with Gasteiger partial charge in [-0.1, -0.05) is 6.07 Å². The molecule has 1 aliphatic heterocycles. The highest BCUT2D eigenvalue weighted by Gasteiger charge is 2.25. The smallest absolute Gasteiger partial charge is 0.272 e. The van der Waals surface area contributed by atoms with Crippen molar-refractivity contribution in [3.63, 3.8) is 0 Å². The summed E-state index contributed by atoms with van der Waals surface area (Å²) in [5, 5.41) is 0. The fourth-order valence-corrected chi connectivity index (χ4v) is 3.31. The molecule has 0 unspecified atom stereocenters. The zero-order chi connectivity index (χ0) is 17.1. The van der Waals surface area contributed by atoms with Gasteiger partial charge in [0.15, 0.2) is 0 Å². The summed E-state index contributed by atoms with van der Waals surface area (Å²) in [7, 11) is 1.57. The Hall–Kier alpha value is -2.15. The number of nitrogens with two attached hydrogens (primary N) is 1. The van der Waals surface area contributed by atoms with Crippen molar-refractivity contribution in [1.82, 2.24) is 14.9 Å². The van der Waals surface area contributed by atoms with Crippen LogP contribution in [0.1, 0.15) is 34.8 Å². The monoisotopic (exact) mass is 390 g/mol. The van der Waals surface area contributed by atoms with Crippen LogP contribution in [-0.4, -0.2) is 41.0 Å². The number of hydrogen-bond donors (Lipinski definition) is 1. The van der Waals surface area contributed by atoms with Gasteiger partial charge in [0.2, 0.25) is 0 Å². The Labute approximate surface area is 149 Å². The van der Waals surface area contributed by atoms with Crippen LogP contribution in [0, 0.1) is 0 Å². The molecule has 24 heavy (non-hydrogen) atoms. The molecule has 1 aliphatic rings. The zero-order valence-corrected chi connectivity index (χ0v) is 15.0. The molecule has 2 aromatic rings. The molecule has 2 aromatic heterocycles. The van der Waals surface area contributed by atoms with Crippen molar-refractivity contribution in [1.29, 1.82) is 0 Å². The minimum atomic E-state index is -0.0605. The van der Waals surface area contributed by atoms with E-state index in [1.165, 1.54) is 5.56 Å². The quantitative estimate of drug-likeness (QED) is 0.870. The molecule has 6 nitrogen and oxygen atoms in total. The molecule has 0 saturated carbocycles. The second-order valence-electron chi connectivity index (χ2n) is 5.79. The minimum Gasteiger partial charge on any atom is -0.495 e. The maximum atomic E-state index is 12.6. The van der Waals surface area contributed by atoms with Crippen molar-refractivity contribution in [3.05, 3.63) is 46.3 Å². The second kappa shape index (κ2) is 7.17. The van der Waals surface area contributed by atoms with E-state index in [0.717, 1.165) is 17.3 Å². The van der Waals surface area contributed by atoms with Gasteiger partial charge in [-0.3, -0.25) is 4.79 Å². The normalized spacial score (nSPS) is 15.3. The number of likely N-dealkylation sites (tertiary alicyclic amines) is 1. The van der Waals surface area contributed by atoms with Crippen LogP contribution in [0.4, 0.5) is 5.82 Å². The van der Waals surface area contributed by atoms with Gasteiger partial charge in [-0.05, 0) is 46.3 Å². The summed E-state index contributed by atoms with van der Waals surface area (Å²) in [4.78, 5) is 22.8. The second-order valence-corrected chi connectivity index (χ2v) is 6.64. The number of ether oxygens (including phenoxy) is 1. The van der Waals surface area contributed by atoms with Crippen molar-refractivity contribution < 1.29 is 9.53 Å². The Bertz CT molecular complexity index is 728. The number of pyridine rings is 2. The summed E-state index contributed by atoms with van der Waals surface area (Å²) in [6.45, 7) is 1.40. The van der Waals surface area contributed by atoms with E-state index in [1.54, 1.807) is 19.4 Å². The first kappa shape index (κ1) is 16.7. The molecule has 1 saturated heterocycles. The largest absolute Gasteiger partial charge is 0.495 e. The molecule has 1 amide bonds. The highest BCUT2D eigenvalue weighted by Crippen LogP contribution is 2.29. The van der Waals surface area contributed by atoms with E-state index < -0.39 is 0 Å². The lowest BCUT2D eigenvalue weighted by molar-refractivity contribution is 0.0706. The lowest BCUT2D eigenvalue weighted by Gasteiger charge is -2.32. The zero-order valence-electron chi connectivity index (χ0n) is 13.4. The Morgan fingerprint density at radius 2 is 2.04 bits per heavy atom. The topological polar surface area (TPSA) is 81.3 Å². The van der Waals surface area contributed by atoms with Gasteiger partial charge in [-0.15, -0.1) is 0 Å². The van der Waals surface area contributed by atoms with E-state index in [0.29, 0.717) is 36.3 Å². The van der Waals surface area contributed by atoms with Gasteiger partial charge in [0, 0.05) is 31.5 Å². The minimum absolute atomic E-state index is 0.0605. The van der Waals surface area contributed by atoms with E-state index in [4.69, 9.17) is 10.5 Å². The number of nitrogen functional groups attached to an aromatic ring is 1. The molecule has 0 aromatic carbocycles. The van der Waals surface area contributed by atoms with E-state index in [9.17, 15) is 4.79 Å². The third-order valence-corrected chi connectivity index (χ3v) is 4.92. The summed E-state index contributed by atoms with van der Waals surface area (Å²) in [6, 6.07) is 5.51. The predicted molar refractivity (Wildman–Crippen MR) is 95.0 cm³/mol. The summed E-state index contributed by atoms with van der Waals surface area (Å²) < 4.78 is 5.97. The third kappa shape index (κ3) is 3.51. The van der Waals surface area contributed by atoms with Crippen LogP contribution < -0.4 is 10.5 Å². The van der Waals surface area contributed by atoms with Crippen LogP contribution in [0.25, 0.3) is 0 Å². The van der Waals surface area contributed by atoms with Gasteiger partial charge in [0.05, 0.1) is 11.6 Å². The van der Waals surface area contributed by atoms with Gasteiger partial charge in [-0.25, -0.2) is 9.97 Å². The molecule has 7 heteroatoms. The number of aromatic nitrogens is 2. The number of amides is 1. The molecule has 3 heterocycles. The first-order valence-electron chi connectivity index (χ1n) is 7.78. The van der Waals surface area contributed by atoms with E-state index in [2.05, 4.69) is 25.9 Å². The molecule has 1 fully saturated rings. The summed E-state index contributed by atoms with van der Waals surface area (Å²) in [5.41, 5.74) is 7.22. The number of halogens is 1. The van der Waals surface area contributed by atoms with Crippen molar-refractivity contribution in [2.75, 3.05) is 25.9 Å². The standard InChI is InChI=1S/C17H19BrN4O2/c1-24-15-8-14(20-10-13(15)18)17(23)22-6-4-11(5-7-22)12-2-3-16(19)21-9-12/h2-3,8-11H,4-7H2,1H3,(H2,19,21). The SMILES string of the molecule is COc1cc(C(=O)N2CCC(c3ccc(N)nc3)CC2)ncc1Br. The molecular formula is C17H19BrN4O2. The first-order chi connectivity index (χ1) is 11.6. The molecular weight excluding hydrogens is 372 g/mol. The molecule has 0 spiro atoms. The van der Waals surface area contributed by atoms with Crippen molar-refractivity contribution in [2.24, 2.45) is 0 Å².